The number of hydrogen-bond acceptors (Lipinski definition) is 2. The predicted molar refractivity (Wildman–Crippen MR) is 52.0 cm³/mol. The van der Waals surface area contributed by atoms with Crippen molar-refractivity contribution >= 4 is 15.9 Å². The van der Waals surface area contributed by atoms with Crippen molar-refractivity contribution in [3.8, 4) is 6.07 Å². The Kier molecular flexibility index (Phi) is 1.90. The third-order valence-electron chi connectivity index (χ3n) is 2.45. The van der Waals surface area contributed by atoms with Crippen LogP contribution >= 0.6 is 15.9 Å². The zero-order valence-corrected chi connectivity index (χ0v) is 8.50. The van der Waals surface area contributed by atoms with Gasteiger partial charge in [0.1, 0.15) is 6.07 Å². The lowest BCUT2D eigenvalue weighted by atomic mass is 9.98. The van der Waals surface area contributed by atoms with Crippen molar-refractivity contribution in [2.75, 3.05) is 0 Å². The zero-order valence-electron chi connectivity index (χ0n) is 6.92. The van der Waals surface area contributed by atoms with Crippen LogP contribution in [0.3, 0.4) is 0 Å². The number of aryl methyl sites for hydroxylation is 1. The molecule has 1 aliphatic rings. The summed E-state index contributed by atoms with van der Waals surface area (Å²) in [6.07, 6.45) is 1.29. The molecule has 3 heteroatoms. The number of hydrogen-bond donors (Lipinski definition) is 1. The first kappa shape index (κ1) is 8.74. The number of nitriles is 1. The Labute approximate surface area is 84.9 Å². The van der Waals surface area contributed by atoms with Crippen molar-refractivity contribution in [3.05, 3.63) is 33.8 Å². The Bertz CT molecular complexity index is 396. The van der Waals surface area contributed by atoms with Crippen molar-refractivity contribution in [1.82, 2.24) is 0 Å². The average molecular weight is 238 g/mol. The topological polar surface area (TPSA) is 44.0 Å². The van der Waals surface area contributed by atoms with Gasteiger partial charge in [0.05, 0.1) is 0 Å². The summed E-state index contributed by atoms with van der Waals surface area (Å²) >= 11 is 3.36. The van der Waals surface area contributed by atoms with Crippen LogP contribution in [0, 0.1) is 11.3 Å². The van der Waals surface area contributed by atoms with Gasteiger partial charge in [0.25, 0.3) is 0 Å². The van der Waals surface area contributed by atoms with Crippen LogP contribution in [0.2, 0.25) is 0 Å². The Balaban J connectivity index is 2.57. The molecule has 0 saturated heterocycles. The molecule has 1 N–H and O–H groups in total. The van der Waals surface area contributed by atoms with Crippen LogP contribution in [0.15, 0.2) is 22.7 Å². The first-order valence-corrected chi connectivity index (χ1v) is 4.87. The van der Waals surface area contributed by atoms with Crippen LogP contribution in [0.25, 0.3) is 0 Å². The fourth-order valence-electron chi connectivity index (χ4n) is 1.74. The molecule has 0 amide bonds. The van der Waals surface area contributed by atoms with E-state index in [4.69, 9.17) is 5.26 Å². The second-order valence-electron chi connectivity index (χ2n) is 3.27. The predicted octanol–water partition coefficient (Wildman–Crippen LogP) is 2.11. The Morgan fingerprint density at radius 2 is 2.31 bits per heavy atom. The first-order valence-electron chi connectivity index (χ1n) is 4.08. The Hall–Kier alpha value is -0.850. The second-order valence-corrected chi connectivity index (χ2v) is 4.19. The summed E-state index contributed by atoms with van der Waals surface area (Å²) in [5, 5.41) is 18.7. The molecular weight excluding hydrogens is 230 g/mol. The van der Waals surface area contributed by atoms with Gasteiger partial charge in [-0.15, -0.1) is 0 Å². The normalized spacial score (nSPS) is 25.3. The molecule has 1 aliphatic carbocycles. The monoisotopic (exact) mass is 237 g/mol. The lowest BCUT2D eigenvalue weighted by Gasteiger charge is -2.13. The number of rotatable bonds is 0. The van der Waals surface area contributed by atoms with Crippen molar-refractivity contribution in [3.63, 3.8) is 0 Å². The second kappa shape index (κ2) is 2.83. The van der Waals surface area contributed by atoms with Crippen LogP contribution in [0.4, 0.5) is 0 Å². The van der Waals surface area contributed by atoms with E-state index in [2.05, 4.69) is 15.9 Å². The minimum Gasteiger partial charge on any atom is -0.371 e. The highest BCUT2D eigenvalue weighted by Gasteiger charge is 2.36. The summed E-state index contributed by atoms with van der Waals surface area (Å²) < 4.78 is 0.994. The van der Waals surface area contributed by atoms with Gasteiger partial charge in [-0.05, 0) is 30.5 Å². The van der Waals surface area contributed by atoms with Crippen LogP contribution < -0.4 is 0 Å². The molecule has 0 bridgehead atoms. The van der Waals surface area contributed by atoms with Gasteiger partial charge in [-0.2, -0.15) is 5.26 Å². The molecule has 1 aromatic rings. The van der Waals surface area contributed by atoms with Gasteiger partial charge in [-0.3, -0.25) is 0 Å². The summed E-state index contributed by atoms with van der Waals surface area (Å²) in [5.74, 6) is 0. The van der Waals surface area contributed by atoms with Crippen LogP contribution in [-0.4, -0.2) is 5.11 Å². The van der Waals surface area contributed by atoms with E-state index in [0.29, 0.717) is 6.42 Å². The fourth-order valence-corrected chi connectivity index (χ4v) is 2.15. The Morgan fingerprint density at radius 3 is 3.00 bits per heavy atom. The highest BCUT2D eigenvalue weighted by Crippen LogP contribution is 2.37. The summed E-state index contributed by atoms with van der Waals surface area (Å²) in [6.45, 7) is 0. The fraction of sp³-hybridized carbons (Fsp3) is 0.300. The van der Waals surface area contributed by atoms with Gasteiger partial charge in [-0.25, -0.2) is 0 Å². The summed E-state index contributed by atoms with van der Waals surface area (Å²) in [5.41, 5.74) is 0.576. The molecule has 0 heterocycles. The number of benzene rings is 1. The molecule has 0 saturated carbocycles. The van der Waals surface area contributed by atoms with Gasteiger partial charge in [-0.1, -0.05) is 22.0 Å². The van der Waals surface area contributed by atoms with E-state index in [1.165, 1.54) is 0 Å². The van der Waals surface area contributed by atoms with E-state index in [1.54, 1.807) is 0 Å². The molecule has 0 aliphatic heterocycles. The minimum atomic E-state index is -1.25. The van der Waals surface area contributed by atoms with E-state index in [-0.39, 0.29) is 0 Å². The lowest BCUT2D eigenvalue weighted by molar-refractivity contribution is 0.1000. The molecule has 2 nitrogen and oxygen atoms in total. The van der Waals surface area contributed by atoms with Gasteiger partial charge >= 0.3 is 0 Å². The maximum absolute atomic E-state index is 9.87. The van der Waals surface area contributed by atoms with E-state index < -0.39 is 5.60 Å². The number of nitrogens with zero attached hydrogens (tertiary/aromatic N) is 1. The van der Waals surface area contributed by atoms with Crippen molar-refractivity contribution < 1.29 is 5.11 Å². The summed E-state index contributed by atoms with van der Waals surface area (Å²) in [7, 11) is 0. The largest absolute Gasteiger partial charge is 0.371 e. The first-order chi connectivity index (χ1) is 6.15. The third kappa shape index (κ3) is 1.27. The maximum Gasteiger partial charge on any atom is 0.177 e. The average Bonchev–Trinajstić information content (AvgIpc) is 2.45. The van der Waals surface area contributed by atoms with E-state index >= 15 is 0 Å². The number of aliphatic hydroxyl groups is 1. The maximum atomic E-state index is 9.87. The van der Waals surface area contributed by atoms with Gasteiger partial charge in [0, 0.05) is 10.0 Å². The SMILES string of the molecule is N#C[C@]1(O)CCc2cc(Br)ccc21. The van der Waals surface area contributed by atoms with E-state index in [1.807, 2.05) is 24.3 Å². The number of halogens is 1. The smallest absolute Gasteiger partial charge is 0.177 e. The van der Waals surface area contributed by atoms with E-state index in [9.17, 15) is 5.11 Å². The molecule has 0 fully saturated rings. The van der Waals surface area contributed by atoms with Gasteiger partial charge in [0.15, 0.2) is 5.60 Å². The minimum absolute atomic E-state index is 0.509. The van der Waals surface area contributed by atoms with Gasteiger partial charge in [0.2, 0.25) is 0 Å². The zero-order chi connectivity index (χ0) is 9.47. The molecule has 66 valence electrons. The summed E-state index contributed by atoms with van der Waals surface area (Å²) in [6, 6.07) is 7.59. The molecule has 0 spiro atoms. The third-order valence-corrected chi connectivity index (χ3v) is 2.95. The number of fused-ring (bicyclic) bond motifs is 1. The molecule has 1 atom stereocenters. The van der Waals surface area contributed by atoms with E-state index in [0.717, 1.165) is 22.0 Å². The molecule has 0 radical (unpaired) electrons. The Morgan fingerprint density at radius 1 is 1.54 bits per heavy atom. The molecule has 0 unspecified atom stereocenters. The highest BCUT2D eigenvalue weighted by molar-refractivity contribution is 9.10. The van der Waals surface area contributed by atoms with Crippen molar-refractivity contribution in [1.29, 1.82) is 5.26 Å². The molecule has 2 rings (SSSR count). The standard InChI is InChI=1S/C10H8BrNO/c11-8-1-2-9-7(5-8)3-4-10(9,13)6-12/h1-2,5,13H,3-4H2/t10-/m1/s1. The molecule has 0 aromatic heterocycles. The van der Waals surface area contributed by atoms with Crippen molar-refractivity contribution in [2.45, 2.75) is 18.4 Å². The summed E-state index contributed by atoms with van der Waals surface area (Å²) in [4.78, 5) is 0. The lowest BCUT2D eigenvalue weighted by Crippen LogP contribution is -2.18. The van der Waals surface area contributed by atoms with Crippen molar-refractivity contribution in [2.24, 2.45) is 0 Å². The van der Waals surface area contributed by atoms with Crippen LogP contribution in [-0.2, 0) is 12.0 Å². The van der Waals surface area contributed by atoms with Crippen LogP contribution in [0.1, 0.15) is 17.5 Å². The molecule has 13 heavy (non-hydrogen) atoms. The van der Waals surface area contributed by atoms with Crippen LogP contribution in [0.5, 0.6) is 0 Å². The molecule has 1 aromatic carbocycles. The van der Waals surface area contributed by atoms with Gasteiger partial charge < -0.3 is 5.11 Å². The quantitative estimate of drug-likeness (QED) is 0.703. The molecular formula is C10H8BrNO. The highest BCUT2D eigenvalue weighted by atomic mass is 79.9.